The number of hydrogen-bond acceptors (Lipinski definition) is 4. The second kappa shape index (κ2) is 10.00. The highest BCUT2D eigenvalue weighted by molar-refractivity contribution is 4.75. The van der Waals surface area contributed by atoms with E-state index in [-0.39, 0.29) is 0 Å². The monoisotopic (exact) mass is 253 g/mol. The zero-order valence-electron chi connectivity index (χ0n) is 11.6. The van der Waals surface area contributed by atoms with Gasteiger partial charge in [-0.1, -0.05) is 45.4 Å². The maximum Gasteiger partial charge on any atom is 0.148 e. The summed E-state index contributed by atoms with van der Waals surface area (Å²) in [6.07, 6.45) is 12.2. The molecule has 1 aromatic rings. The van der Waals surface area contributed by atoms with E-state index in [9.17, 15) is 0 Å². The average molecular weight is 253 g/mol. The van der Waals surface area contributed by atoms with E-state index in [2.05, 4.69) is 27.5 Å². The van der Waals surface area contributed by atoms with Crippen molar-refractivity contribution >= 4 is 0 Å². The van der Waals surface area contributed by atoms with Gasteiger partial charge >= 0.3 is 0 Å². The molecule has 1 rings (SSSR count). The minimum absolute atomic E-state index is 0.375. The maximum absolute atomic E-state index is 6.10. The topological polar surface area (TPSA) is 80.5 Å². The predicted octanol–water partition coefficient (Wildman–Crippen LogP) is 2.60. The van der Waals surface area contributed by atoms with Gasteiger partial charge in [0.05, 0.1) is 0 Å². The molecule has 0 aliphatic carbocycles. The molecular weight excluding hydrogens is 226 g/mol. The molecule has 1 aromatic heterocycles. The van der Waals surface area contributed by atoms with Gasteiger partial charge in [-0.2, -0.15) is 0 Å². The molecule has 104 valence electrons. The van der Waals surface area contributed by atoms with Gasteiger partial charge in [0.25, 0.3) is 0 Å². The van der Waals surface area contributed by atoms with E-state index in [0.717, 1.165) is 31.5 Å². The van der Waals surface area contributed by atoms with E-state index < -0.39 is 0 Å². The molecule has 0 bridgehead atoms. The molecule has 18 heavy (non-hydrogen) atoms. The molecule has 0 saturated heterocycles. The SMILES string of the molecule is CCCCCCCC(N)CCCCc1nnn[nH]1. The van der Waals surface area contributed by atoms with Crippen LogP contribution in [0.5, 0.6) is 0 Å². The van der Waals surface area contributed by atoms with Crippen molar-refractivity contribution in [3.63, 3.8) is 0 Å². The molecule has 0 fully saturated rings. The second-order valence-electron chi connectivity index (χ2n) is 5.06. The van der Waals surface area contributed by atoms with Crippen LogP contribution in [0, 0.1) is 0 Å². The quantitative estimate of drug-likeness (QED) is 0.594. The lowest BCUT2D eigenvalue weighted by atomic mass is 10.0. The van der Waals surface area contributed by atoms with Gasteiger partial charge in [-0.05, 0) is 29.7 Å². The Hall–Kier alpha value is -0.970. The highest BCUT2D eigenvalue weighted by Crippen LogP contribution is 2.10. The maximum atomic E-state index is 6.10. The highest BCUT2D eigenvalue weighted by atomic mass is 15.5. The minimum Gasteiger partial charge on any atom is -0.328 e. The zero-order valence-corrected chi connectivity index (χ0v) is 11.6. The lowest BCUT2D eigenvalue weighted by molar-refractivity contribution is 0.494. The molecular formula is C13H27N5. The Morgan fingerprint density at radius 3 is 2.44 bits per heavy atom. The normalized spacial score (nSPS) is 12.8. The molecule has 1 unspecified atom stereocenters. The van der Waals surface area contributed by atoms with E-state index in [0.29, 0.717) is 6.04 Å². The Morgan fingerprint density at radius 2 is 1.78 bits per heavy atom. The van der Waals surface area contributed by atoms with Crippen molar-refractivity contribution in [3.05, 3.63) is 5.82 Å². The minimum atomic E-state index is 0.375. The van der Waals surface area contributed by atoms with Gasteiger partial charge in [-0.15, -0.1) is 5.10 Å². The van der Waals surface area contributed by atoms with Crippen molar-refractivity contribution in [3.8, 4) is 0 Å². The van der Waals surface area contributed by atoms with E-state index in [1.54, 1.807) is 0 Å². The van der Waals surface area contributed by atoms with Gasteiger partial charge in [-0.25, -0.2) is 5.10 Å². The van der Waals surface area contributed by atoms with E-state index in [4.69, 9.17) is 5.73 Å². The third kappa shape index (κ3) is 7.37. The van der Waals surface area contributed by atoms with Crippen molar-refractivity contribution in [1.29, 1.82) is 0 Å². The summed E-state index contributed by atoms with van der Waals surface area (Å²) >= 11 is 0. The summed E-state index contributed by atoms with van der Waals surface area (Å²) < 4.78 is 0. The van der Waals surface area contributed by atoms with Crippen LogP contribution in [0.15, 0.2) is 0 Å². The van der Waals surface area contributed by atoms with Crippen LogP contribution in [-0.4, -0.2) is 26.7 Å². The zero-order chi connectivity index (χ0) is 13.1. The molecule has 5 heteroatoms. The van der Waals surface area contributed by atoms with Crippen LogP contribution in [0.4, 0.5) is 0 Å². The molecule has 0 spiro atoms. The van der Waals surface area contributed by atoms with Gasteiger partial charge < -0.3 is 5.73 Å². The molecule has 0 aromatic carbocycles. The average Bonchev–Trinajstić information content (AvgIpc) is 2.87. The number of nitrogens with zero attached hydrogens (tertiary/aromatic N) is 3. The lowest BCUT2D eigenvalue weighted by Crippen LogP contribution is -2.19. The Bertz CT molecular complexity index is 273. The van der Waals surface area contributed by atoms with Crippen LogP contribution in [0.25, 0.3) is 0 Å². The van der Waals surface area contributed by atoms with Crippen molar-refractivity contribution in [1.82, 2.24) is 20.6 Å². The van der Waals surface area contributed by atoms with E-state index in [1.165, 1.54) is 38.5 Å². The van der Waals surface area contributed by atoms with Crippen molar-refractivity contribution in [2.24, 2.45) is 5.73 Å². The fourth-order valence-corrected chi connectivity index (χ4v) is 2.14. The van der Waals surface area contributed by atoms with Crippen LogP contribution in [0.3, 0.4) is 0 Å². The van der Waals surface area contributed by atoms with Crippen LogP contribution in [-0.2, 0) is 6.42 Å². The summed E-state index contributed by atoms with van der Waals surface area (Å²) in [5, 5.41) is 13.7. The first kappa shape index (κ1) is 15.1. The van der Waals surface area contributed by atoms with Crippen LogP contribution >= 0.6 is 0 Å². The summed E-state index contributed by atoms with van der Waals surface area (Å²) in [6.45, 7) is 2.25. The van der Waals surface area contributed by atoms with Gasteiger partial charge in [-0.3, -0.25) is 0 Å². The van der Waals surface area contributed by atoms with Gasteiger partial charge in [0, 0.05) is 12.5 Å². The first-order valence-corrected chi connectivity index (χ1v) is 7.31. The number of rotatable bonds is 11. The molecule has 0 amide bonds. The molecule has 0 aliphatic heterocycles. The first-order chi connectivity index (χ1) is 8.83. The molecule has 0 radical (unpaired) electrons. The van der Waals surface area contributed by atoms with Crippen LogP contribution in [0.2, 0.25) is 0 Å². The standard InChI is InChI=1S/C13H27N5/c1-2-3-4-5-6-9-12(14)10-7-8-11-13-15-17-18-16-13/h12H,2-11,14H2,1H3,(H,15,16,17,18). The third-order valence-corrected chi connectivity index (χ3v) is 3.31. The summed E-state index contributed by atoms with van der Waals surface area (Å²) in [4.78, 5) is 0. The van der Waals surface area contributed by atoms with E-state index in [1.807, 2.05) is 0 Å². The summed E-state index contributed by atoms with van der Waals surface area (Å²) in [6, 6.07) is 0.375. The van der Waals surface area contributed by atoms with Crippen molar-refractivity contribution < 1.29 is 0 Å². The van der Waals surface area contributed by atoms with Crippen molar-refractivity contribution in [2.75, 3.05) is 0 Å². The number of H-pyrrole nitrogens is 1. The lowest BCUT2D eigenvalue weighted by Gasteiger charge is -2.10. The number of tetrazole rings is 1. The van der Waals surface area contributed by atoms with Gasteiger partial charge in [0.1, 0.15) is 5.82 Å². The highest BCUT2D eigenvalue weighted by Gasteiger charge is 2.03. The third-order valence-electron chi connectivity index (χ3n) is 3.31. The van der Waals surface area contributed by atoms with Crippen LogP contribution in [0.1, 0.15) is 70.5 Å². The number of aromatic nitrogens is 4. The van der Waals surface area contributed by atoms with Crippen molar-refractivity contribution in [2.45, 2.75) is 77.2 Å². The number of aromatic amines is 1. The number of aryl methyl sites for hydroxylation is 1. The number of nitrogens with one attached hydrogen (secondary N) is 1. The Kier molecular flexibility index (Phi) is 8.38. The Balaban J connectivity index is 1.88. The Labute approximate surface area is 110 Å². The molecule has 3 N–H and O–H groups in total. The fraction of sp³-hybridized carbons (Fsp3) is 0.923. The molecule has 5 nitrogen and oxygen atoms in total. The molecule has 0 aliphatic rings. The predicted molar refractivity (Wildman–Crippen MR) is 73.1 cm³/mol. The number of unbranched alkanes of at least 4 members (excludes halogenated alkanes) is 5. The fourth-order valence-electron chi connectivity index (χ4n) is 2.14. The largest absolute Gasteiger partial charge is 0.328 e. The molecule has 1 heterocycles. The summed E-state index contributed by atoms with van der Waals surface area (Å²) in [7, 11) is 0. The molecule has 1 atom stereocenters. The smallest absolute Gasteiger partial charge is 0.148 e. The molecule has 0 saturated carbocycles. The number of nitrogens with two attached hydrogens (primary N) is 1. The first-order valence-electron chi connectivity index (χ1n) is 7.31. The second-order valence-corrected chi connectivity index (χ2v) is 5.06. The van der Waals surface area contributed by atoms with E-state index >= 15 is 0 Å². The summed E-state index contributed by atoms with van der Waals surface area (Å²) in [5.74, 6) is 0.878. The Morgan fingerprint density at radius 1 is 1.06 bits per heavy atom. The van der Waals surface area contributed by atoms with Gasteiger partial charge in [0.2, 0.25) is 0 Å². The van der Waals surface area contributed by atoms with Gasteiger partial charge in [0.15, 0.2) is 0 Å². The summed E-state index contributed by atoms with van der Waals surface area (Å²) in [5.41, 5.74) is 6.10. The van der Waals surface area contributed by atoms with Crippen LogP contribution < -0.4 is 5.73 Å². The number of hydrogen-bond donors (Lipinski definition) is 2.